The Kier molecular flexibility index (Phi) is 5.85. The fourth-order valence-electron chi connectivity index (χ4n) is 3.44. The van der Waals surface area contributed by atoms with Crippen LogP contribution < -0.4 is 4.72 Å². The number of para-hydroxylation sites is 1. The van der Waals surface area contributed by atoms with Crippen LogP contribution in [0.5, 0.6) is 0 Å². The minimum Gasteiger partial charge on any atom is -0.339 e. The van der Waals surface area contributed by atoms with Gasteiger partial charge >= 0.3 is 0 Å². The molecule has 2 aromatic carbocycles. The van der Waals surface area contributed by atoms with Crippen molar-refractivity contribution in [3.8, 4) is 0 Å². The summed E-state index contributed by atoms with van der Waals surface area (Å²) >= 11 is 0. The van der Waals surface area contributed by atoms with Crippen LogP contribution >= 0.6 is 0 Å². The molecule has 0 bridgehead atoms. The Morgan fingerprint density at radius 1 is 1.07 bits per heavy atom. The maximum absolute atomic E-state index is 12.9. The van der Waals surface area contributed by atoms with Crippen LogP contribution in [0, 0.1) is 6.92 Å². The average Bonchev–Trinajstić information content (AvgIpc) is 2.69. The standard InChI is InChI=1S/C21H26N2O3S/c1-3-17-10-7-9-16(2)20(17)22-27(25,26)19-12-8-11-18(15-19)21(24)23-13-5-4-6-14-23/h7-12,15,22H,3-6,13-14H2,1-2H3. The van der Waals surface area contributed by atoms with Crippen molar-refractivity contribution >= 4 is 21.6 Å². The predicted molar refractivity (Wildman–Crippen MR) is 108 cm³/mol. The quantitative estimate of drug-likeness (QED) is 0.845. The lowest BCUT2D eigenvalue weighted by Gasteiger charge is -2.26. The molecule has 1 aliphatic rings. The van der Waals surface area contributed by atoms with Crippen molar-refractivity contribution in [1.82, 2.24) is 4.90 Å². The monoisotopic (exact) mass is 386 g/mol. The van der Waals surface area contributed by atoms with Crippen molar-refractivity contribution < 1.29 is 13.2 Å². The summed E-state index contributed by atoms with van der Waals surface area (Å²) < 4.78 is 28.6. The molecular weight excluding hydrogens is 360 g/mol. The first kappa shape index (κ1) is 19.4. The maximum atomic E-state index is 12.9. The number of aryl methyl sites for hydroxylation is 2. The lowest BCUT2D eigenvalue weighted by Crippen LogP contribution is -2.35. The summed E-state index contributed by atoms with van der Waals surface area (Å²) in [6, 6.07) is 12.0. The Morgan fingerprint density at radius 3 is 2.48 bits per heavy atom. The minimum atomic E-state index is -3.78. The topological polar surface area (TPSA) is 66.5 Å². The smallest absolute Gasteiger partial charge is 0.261 e. The van der Waals surface area contributed by atoms with Crippen LogP contribution in [0.1, 0.15) is 47.7 Å². The number of benzene rings is 2. The minimum absolute atomic E-state index is 0.100. The van der Waals surface area contributed by atoms with E-state index in [9.17, 15) is 13.2 Å². The number of carbonyl (C=O) groups excluding carboxylic acids is 1. The van der Waals surface area contributed by atoms with Gasteiger partial charge in [-0.25, -0.2) is 8.42 Å². The first-order valence-electron chi connectivity index (χ1n) is 9.43. The van der Waals surface area contributed by atoms with Gasteiger partial charge in [0.2, 0.25) is 0 Å². The molecule has 0 saturated carbocycles. The highest BCUT2D eigenvalue weighted by atomic mass is 32.2. The Labute approximate surface area is 161 Å². The number of nitrogens with zero attached hydrogens (tertiary/aromatic N) is 1. The highest BCUT2D eigenvalue weighted by Gasteiger charge is 2.22. The molecule has 1 aliphatic heterocycles. The van der Waals surface area contributed by atoms with Crippen molar-refractivity contribution in [1.29, 1.82) is 0 Å². The van der Waals surface area contributed by atoms with Gasteiger partial charge in [0.05, 0.1) is 10.6 Å². The van der Waals surface area contributed by atoms with Crippen LogP contribution in [-0.4, -0.2) is 32.3 Å². The van der Waals surface area contributed by atoms with Crippen molar-refractivity contribution in [2.75, 3.05) is 17.8 Å². The molecule has 5 nitrogen and oxygen atoms in total. The third-order valence-electron chi connectivity index (χ3n) is 5.01. The second-order valence-electron chi connectivity index (χ2n) is 6.95. The Balaban J connectivity index is 1.88. The van der Waals surface area contributed by atoms with E-state index >= 15 is 0 Å². The highest BCUT2D eigenvalue weighted by Crippen LogP contribution is 2.25. The first-order valence-corrected chi connectivity index (χ1v) is 10.9. The number of carbonyl (C=O) groups is 1. The summed E-state index contributed by atoms with van der Waals surface area (Å²) in [6.45, 7) is 5.34. The number of likely N-dealkylation sites (tertiary alicyclic amines) is 1. The van der Waals surface area contributed by atoms with Gasteiger partial charge in [-0.3, -0.25) is 9.52 Å². The van der Waals surface area contributed by atoms with Crippen molar-refractivity contribution in [2.45, 2.75) is 44.4 Å². The molecule has 1 saturated heterocycles. The molecule has 2 aromatic rings. The fourth-order valence-corrected chi connectivity index (χ4v) is 4.66. The van der Waals surface area contributed by atoms with Crippen LogP contribution in [0.4, 0.5) is 5.69 Å². The molecule has 1 fully saturated rings. The summed E-state index contributed by atoms with van der Waals surface area (Å²) in [6.07, 6.45) is 3.86. The van der Waals surface area contributed by atoms with Crippen LogP contribution in [0.15, 0.2) is 47.4 Å². The molecule has 1 heterocycles. The SMILES string of the molecule is CCc1cccc(C)c1NS(=O)(=O)c1cccc(C(=O)N2CCCCC2)c1. The lowest BCUT2D eigenvalue weighted by molar-refractivity contribution is 0.0724. The van der Waals surface area contributed by atoms with Gasteiger partial charge in [0.1, 0.15) is 0 Å². The summed E-state index contributed by atoms with van der Waals surface area (Å²) in [5, 5.41) is 0. The van der Waals surface area contributed by atoms with Gasteiger partial charge in [-0.1, -0.05) is 31.2 Å². The van der Waals surface area contributed by atoms with Crippen LogP contribution in [0.3, 0.4) is 0 Å². The van der Waals surface area contributed by atoms with E-state index in [4.69, 9.17) is 0 Å². The second-order valence-corrected chi connectivity index (χ2v) is 8.63. The first-order chi connectivity index (χ1) is 12.9. The van der Waals surface area contributed by atoms with E-state index in [1.807, 2.05) is 32.0 Å². The van der Waals surface area contributed by atoms with Gasteiger partial charge in [0.25, 0.3) is 15.9 Å². The van der Waals surface area contributed by atoms with E-state index in [1.54, 1.807) is 17.0 Å². The van der Waals surface area contributed by atoms with Gasteiger partial charge < -0.3 is 4.90 Å². The summed E-state index contributed by atoms with van der Waals surface area (Å²) in [7, 11) is -3.78. The molecule has 0 spiro atoms. The molecule has 27 heavy (non-hydrogen) atoms. The molecule has 0 aliphatic carbocycles. The van der Waals surface area contributed by atoms with Crippen molar-refractivity contribution in [2.24, 2.45) is 0 Å². The van der Waals surface area contributed by atoms with E-state index in [1.165, 1.54) is 12.1 Å². The van der Waals surface area contributed by atoms with Crippen LogP contribution in [0.25, 0.3) is 0 Å². The molecule has 1 N–H and O–H groups in total. The van der Waals surface area contributed by atoms with Gasteiger partial charge in [0, 0.05) is 18.7 Å². The zero-order chi connectivity index (χ0) is 19.4. The summed E-state index contributed by atoms with van der Waals surface area (Å²) in [5.74, 6) is -0.100. The summed E-state index contributed by atoms with van der Waals surface area (Å²) in [4.78, 5) is 14.6. The molecular formula is C21H26N2O3S. The third kappa shape index (κ3) is 4.33. The molecule has 0 unspecified atom stereocenters. The fraction of sp³-hybridized carbons (Fsp3) is 0.381. The van der Waals surface area contributed by atoms with Gasteiger partial charge in [-0.05, 0) is 61.9 Å². The third-order valence-corrected chi connectivity index (χ3v) is 6.36. The zero-order valence-corrected chi connectivity index (χ0v) is 16.7. The number of piperidine rings is 1. The Bertz CT molecular complexity index is 932. The lowest BCUT2D eigenvalue weighted by atomic mass is 10.1. The number of nitrogens with one attached hydrogen (secondary N) is 1. The molecule has 0 atom stereocenters. The van der Waals surface area contributed by atoms with E-state index in [2.05, 4.69) is 4.72 Å². The number of hydrogen-bond acceptors (Lipinski definition) is 3. The Hall–Kier alpha value is -2.34. The number of rotatable bonds is 5. The molecule has 6 heteroatoms. The number of anilines is 1. The van der Waals surface area contributed by atoms with Crippen LogP contribution in [-0.2, 0) is 16.4 Å². The molecule has 0 aromatic heterocycles. The molecule has 3 rings (SSSR count). The van der Waals surface area contributed by atoms with Crippen molar-refractivity contribution in [3.63, 3.8) is 0 Å². The second kappa shape index (κ2) is 8.13. The van der Waals surface area contributed by atoms with Gasteiger partial charge in [-0.15, -0.1) is 0 Å². The zero-order valence-electron chi connectivity index (χ0n) is 15.9. The van der Waals surface area contributed by atoms with Gasteiger partial charge in [-0.2, -0.15) is 0 Å². The van der Waals surface area contributed by atoms with E-state index in [0.29, 0.717) is 11.3 Å². The normalized spacial score (nSPS) is 14.8. The molecule has 1 amide bonds. The van der Waals surface area contributed by atoms with Gasteiger partial charge in [0.15, 0.2) is 0 Å². The number of amides is 1. The summed E-state index contributed by atoms with van der Waals surface area (Å²) in [5.41, 5.74) is 2.85. The van der Waals surface area contributed by atoms with E-state index in [-0.39, 0.29) is 10.8 Å². The number of hydrogen-bond donors (Lipinski definition) is 1. The predicted octanol–water partition coefficient (Wildman–Crippen LogP) is 3.98. The maximum Gasteiger partial charge on any atom is 0.261 e. The van der Waals surface area contributed by atoms with E-state index < -0.39 is 10.0 Å². The van der Waals surface area contributed by atoms with E-state index in [0.717, 1.165) is 49.9 Å². The highest BCUT2D eigenvalue weighted by molar-refractivity contribution is 7.92. The molecule has 144 valence electrons. The Morgan fingerprint density at radius 2 is 1.78 bits per heavy atom. The largest absolute Gasteiger partial charge is 0.339 e. The van der Waals surface area contributed by atoms with Crippen molar-refractivity contribution in [3.05, 3.63) is 59.2 Å². The average molecular weight is 387 g/mol. The molecule has 0 radical (unpaired) electrons. The number of sulfonamides is 1. The van der Waals surface area contributed by atoms with Crippen LogP contribution in [0.2, 0.25) is 0 Å².